The Labute approximate surface area is 241 Å². The standard InChI is InChI=1S/C33H24ClN3O4/c1-41-23-16-10-19(11-17-23)27-28(32(40)36-22-14-12-21(34)13-15-22)37-29(24-7-3-2-6-20(24)18-35-37)33(27)30(38)25-8-4-5-9-26(25)31(33)39/h2-18,27-29H,1H3,(H,36,40)/t27-,28+,29-/m1/s1. The lowest BCUT2D eigenvalue weighted by molar-refractivity contribution is -0.121. The molecular weight excluding hydrogens is 538 g/mol. The van der Waals surface area contributed by atoms with Crippen molar-refractivity contribution in [2.75, 3.05) is 12.4 Å². The van der Waals surface area contributed by atoms with Gasteiger partial charge in [-0.2, -0.15) is 5.10 Å². The van der Waals surface area contributed by atoms with E-state index >= 15 is 0 Å². The van der Waals surface area contributed by atoms with Crippen LogP contribution in [0.15, 0.2) is 102 Å². The summed E-state index contributed by atoms with van der Waals surface area (Å²) in [5, 5.41) is 9.93. The van der Waals surface area contributed by atoms with Gasteiger partial charge in [0, 0.05) is 27.8 Å². The lowest BCUT2D eigenvalue weighted by Gasteiger charge is -2.36. The van der Waals surface area contributed by atoms with Crippen LogP contribution in [-0.2, 0) is 4.79 Å². The average Bonchev–Trinajstić information content (AvgIpc) is 3.44. The zero-order valence-electron chi connectivity index (χ0n) is 22.0. The van der Waals surface area contributed by atoms with Crippen LogP contribution in [0.3, 0.4) is 0 Å². The minimum atomic E-state index is -1.63. The van der Waals surface area contributed by atoms with Gasteiger partial charge in [0.1, 0.15) is 17.2 Å². The smallest absolute Gasteiger partial charge is 0.249 e. The Morgan fingerprint density at radius 2 is 1.51 bits per heavy atom. The molecule has 202 valence electrons. The number of fused-ring (bicyclic) bond motifs is 5. The van der Waals surface area contributed by atoms with Gasteiger partial charge in [-0.1, -0.05) is 72.3 Å². The van der Waals surface area contributed by atoms with E-state index in [2.05, 4.69) is 5.32 Å². The molecule has 4 aromatic rings. The van der Waals surface area contributed by atoms with E-state index in [1.807, 2.05) is 36.4 Å². The number of hydrogen-bond donors (Lipinski definition) is 1. The number of Topliss-reactive ketones (excluding diaryl/α,β-unsaturated/α-hetero) is 2. The quantitative estimate of drug-likeness (QED) is 0.313. The van der Waals surface area contributed by atoms with Crippen molar-refractivity contribution in [3.05, 3.63) is 130 Å². The van der Waals surface area contributed by atoms with E-state index in [0.717, 1.165) is 11.1 Å². The molecule has 3 aliphatic rings. The Bertz CT molecular complexity index is 1710. The second kappa shape index (κ2) is 9.42. The van der Waals surface area contributed by atoms with Gasteiger partial charge in [0.05, 0.1) is 19.4 Å². The molecule has 0 unspecified atom stereocenters. The molecule has 1 spiro atoms. The molecule has 0 saturated carbocycles. The molecule has 7 rings (SSSR count). The number of amides is 1. The van der Waals surface area contributed by atoms with Crippen molar-refractivity contribution < 1.29 is 19.1 Å². The molecule has 1 saturated heterocycles. The number of hydrogen-bond acceptors (Lipinski definition) is 6. The van der Waals surface area contributed by atoms with Gasteiger partial charge in [-0.25, -0.2) is 0 Å². The van der Waals surface area contributed by atoms with Crippen LogP contribution in [0, 0.1) is 5.41 Å². The normalized spacial score (nSPS) is 21.4. The van der Waals surface area contributed by atoms with Crippen molar-refractivity contribution >= 4 is 41.0 Å². The zero-order valence-corrected chi connectivity index (χ0v) is 22.7. The highest BCUT2D eigenvalue weighted by Gasteiger charge is 2.72. The van der Waals surface area contributed by atoms with Gasteiger partial charge >= 0.3 is 0 Å². The fraction of sp³-hybridized carbons (Fsp3) is 0.152. The number of nitrogens with zero attached hydrogens (tertiary/aromatic N) is 2. The third-order valence-corrected chi connectivity index (χ3v) is 8.68. The average molecular weight is 562 g/mol. The maximum atomic E-state index is 14.7. The summed E-state index contributed by atoms with van der Waals surface area (Å²) < 4.78 is 5.39. The van der Waals surface area contributed by atoms with Gasteiger partial charge in [-0.15, -0.1) is 0 Å². The van der Waals surface area contributed by atoms with E-state index in [4.69, 9.17) is 21.4 Å². The topological polar surface area (TPSA) is 88.1 Å². The summed E-state index contributed by atoms with van der Waals surface area (Å²) in [6.07, 6.45) is 1.69. The van der Waals surface area contributed by atoms with Crippen LogP contribution in [0.2, 0.25) is 5.02 Å². The number of carbonyl (C=O) groups excluding carboxylic acids is 3. The Morgan fingerprint density at radius 3 is 2.17 bits per heavy atom. The van der Waals surface area contributed by atoms with Crippen LogP contribution < -0.4 is 10.1 Å². The fourth-order valence-electron chi connectivity index (χ4n) is 6.71. The van der Waals surface area contributed by atoms with Gasteiger partial charge in [0.25, 0.3) is 0 Å². The largest absolute Gasteiger partial charge is 0.497 e. The van der Waals surface area contributed by atoms with Crippen LogP contribution in [0.1, 0.15) is 49.4 Å². The molecule has 3 atom stereocenters. The molecule has 7 nitrogen and oxygen atoms in total. The van der Waals surface area contributed by atoms with E-state index in [9.17, 15) is 14.4 Å². The van der Waals surface area contributed by atoms with Crippen molar-refractivity contribution in [3.63, 3.8) is 0 Å². The molecule has 41 heavy (non-hydrogen) atoms. The molecule has 4 aromatic carbocycles. The summed E-state index contributed by atoms with van der Waals surface area (Å²) in [4.78, 5) is 43.7. The van der Waals surface area contributed by atoms with Crippen molar-refractivity contribution in [3.8, 4) is 5.75 Å². The summed E-state index contributed by atoms with van der Waals surface area (Å²) in [7, 11) is 1.57. The van der Waals surface area contributed by atoms with Crippen LogP contribution in [0.5, 0.6) is 5.75 Å². The van der Waals surface area contributed by atoms with E-state index in [1.165, 1.54) is 0 Å². The molecule has 1 N–H and O–H groups in total. The number of nitrogens with one attached hydrogen (secondary N) is 1. The molecule has 8 heteroatoms. The summed E-state index contributed by atoms with van der Waals surface area (Å²) in [6, 6.07) is 26.7. The molecule has 1 aliphatic carbocycles. The number of ketones is 2. The van der Waals surface area contributed by atoms with Gasteiger partial charge in [-0.05, 0) is 53.1 Å². The first-order valence-corrected chi connectivity index (χ1v) is 13.6. The minimum Gasteiger partial charge on any atom is -0.497 e. The Hall–Kier alpha value is -4.75. The lowest BCUT2D eigenvalue weighted by atomic mass is 9.63. The molecule has 0 bridgehead atoms. The second-order valence-corrected chi connectivity index (χ2v) is 10.9. The van der Waals surface area contributed by atoms with Crippen LogP contribution in [-0.4, -0.2) is 41.8 Å². The summed E-state index contributed by atoms with van der Waals surface area (Å²) in [6.45, 7) is 0. The van der Waals surface area contributed by atoms with Crippen LogP contribution in [0.4, 0.5) is 5.69 Å². The Morgan fingerprint density at radius 1 is 0.878 bits per heavy atom. The number of anilines is 1. The maximum Gasteiger partial charge on any atom is 0.249 e. The van der Waals surface area contributed by atoms with Gasteiger partial charge in [-0.3, -0.25) is 19.4 Å². The number of ether oxygens (including phenoxy) is 1. The predicted molar refractivity (Wildman–Crippen MR) is 156 cm³/mol. The monoisotopic (exact) mass is 561 g/mol. The number of rotatable bonds is 4. The number of methoxy groups -OCH3 is 1. The van der Waals surface area contributed by atoms with Gasteiger partial charge in [0.2, 0.25) is 5.91 Å². The first-order chi connectivity index (χ1) is 19.9. The third kappa shape index (κ3) is 3.59. The van der Waals surface area contributed by atoms with Crippen LogP contribution in [0.25, 0.3) is 0 Å². The number of halogens is 1. The molecule has 0 radical (unpaired) electrons. The lowest BCUT2D eigenvalue weighted by Crippen LogP contribution is -2.44. The first kappa shape index (κ1) is 25.2. The highest BCUT2D eigenvalue weighted by molar-refractivity contribution is 6.31. The maximum absolute atomic E-state index is 14.7. The Kier molecular flexibility index (Phi) is 5.80. The summed E-state index contributed by atoms with van der Waals surface area (Å²) >= 11 is 6.08. The summed E-state index contributed by atoms with van der Waals surface area (Å²) in [5.41, 5.74) is 1.88. The van der Waals surface area contributed by atoms with E-state index in [1.54, 1.807) is 79.0 Å². The molecule has 1 amide bonds. The van der Waals surface area contributed by atoms with E-state index in [-0.39, 0.29) is 17.5 Å². The molecule has 2 heterocycles. The highest BCUT2D eigenvalue weighted by Crippen LogP contribution is 2.64. The number of hydrazone groups is 1. The fourth-order valence-corrected chi connectivity index (χ4v) is 6.84. The molecule has 2 aliphatic heterocycles. The molecule has 1 fully saturated rings. The minimum absolute atomic E-state index is 0.303. The van der Waals surface area contributed by atoms with Crippen LogP contribution >= 0.6 is 11.6 Å². The SMILES string of the molecule is COc1ccc([C@@H]2[C@@H](C(=O)Nc3ccc(Cl)cc3)N3N=Cc4ccccc4[C@@H]3C23C(=O)c2ccccc2C3=O)cc1. The number of benzene rings is 4. The van der Waals surface area contributed by atoms with Gasteiger partial charge in [0.15, 0.2) is 11.6 Å². The zero-order chi connectivity index (χ0) is 28.3. The predicted octanol–water partition coefficient (Wildman–Crippen LogP) is 5.91. The Balaban J connectivity index is 1.48. The highest BCUT2D eigenvalue weighted by atomic mass is 35.5. The van der Waals surface area contributed by atoms with Crippen molar-refractivity contribution in [2.24, 2.45) is 10.5 Å². The molecule has 0 aromatic heterocycles. The summed E-state index contributed by atoms with van der Waals surface area (Å²) in [5.74, 6) is -1.23. The van der Waals surface area contributed by atoms with E-state index in [0.29, 0.717) is 33.1 Å². The second-order valence-electron chi connectivity index (χ2n) is 10.4. The van der Waals surface area contributed by atoms with Crippen molar-refractivity contribution in [2.45, 2.75) is 18.0 Å². The third-order valence-electron chi connectivity index (χ3n) is 8.43. The molecular formula is C33H24ClN3O4. The van der Waals surface area contributed by atoms with Gasteiger partial charge < -0.3 is 10.1 Å². The van der Waals surface area contributed by atoms with E-state index < -0.39 is 23.4 Å². The number of carbonyl (C=O) groups is 3. The first-order valence-electron chi connectivity index (χ1n) is 13.3. The van der Waals surface area contributed by atoms with Crippen molar-refractivity contribution in [1.29, 1.82) is 0 Å². The van der Waals surface area contributed by atoms with Crippen molar-refractivity contribution in [1.82, 2.24) is 5.01 Å².